The summed E-state index contributed by atoms with van der Waals surface area (Å²) in [6.45, 7) is 0. The number of hydrogen-bond acceptors (Lipinski definition) is 5. The van der Waals surface area contributed by atoms with Crippen LogP contribution >= 0.6 is 11.6 Å². The summed E-state index contributed by atoms with van der Waals surface area (Å²) in [5.74, 6) is -0.425. The zero-order valence-electron chi connectivity index (χ0n) is 18.8. The van der Waals surface area contributed by atoms with Crippen LogP contribution in [0.15, 0.2) is 67.0 Å². The lowest BCUT2D eigenvalue weighted by atomic mass is 10.1. The summed E-state index contributed by atoms with van der Waals surface area (Å²) in [6.07, 6.45) is -1.61. The average molecular weight is 531 g/mol. The number of imidazole rings is 1. The molecular formula is C25H18ClF3N4O4. The molecule has 0 aliphatic rings. The number of carboxylic acid groups (broad SMARTS) is 1. The molecule has 0 radical (unpaired) electrons. The number of carbonyl (C=O) groups is 2. The summed E-state index contributed by atoms with van der Waals surface area (Å²) in [4.78, 5) is 34.2. The van der Waals surface area contributed by atoms with E-state index in [9.17, 15) is 22.8 Å². The number of aromatic nitrogens is 3. The van der Waals surface area contributed by atoms with E-state index in [0.29, 0.717) is 23.6 Å². The summed E-state index contributed by atoms with van der Waals surface area (Å²) in [7, 11) is 0. The van der Waals surface area contributed by atoms with Crippen molar-refractivity contribution in [3.05, 3.63) is 88.8 Å². The predicted octanol–water partition coefficient (Wildman–Crippen LogP) is 6.21. The van der Waals surface area contributed by atoms with Crippen molar-refractivity contribution in [2.75, 3.05) is 5.32 Å². The number of anilines is 1. The number of H-pyrrole nitrogens is 1. The quantitative estimate of drug-likeness (QED) is 0.249. The Morgan fingerprint density at radius 3 is 2.57 bits per heavy atom. The standard InChI is InChI=1S/C25H18ClF3N4O4/c26-19-6-5-15(11-18(19)25(27,28)29)32-22(34)7-4-14-2-1-3-16(10-14)37-17-8-9-30-20(12-17)23-31-13-21(33-23)24(35)36/h1-3,5-6,8-13H,4,7H2,(H,31,33)(H,32,34)(H,35,36). The van der Waals surface area contributed by atoms with Crippen LogP contribution in [0.25, 0.3) is 11.5 Å². The number of alkyl halides is 3. The maximum atomic E-state index is 13.0. The van der Waals surface area contributed by atoms with Crippen LogP contribution in [-0.2, 0) is 17.4 Å². The van der Waals surface area contributed by atoms with Crippen molar-refractivity contribution in [3.63, 3.8) is 0 Å². The minimum atomic E-state index is -4.63. The monoisotopic (exact) mass is 530 g/mol. The highest BCUT2D eigenvalue weighted by Gasteiger charge is 2.33. The first-order valence-electron chi connectivity index (χ1n) is 10.8. The Labute approximate surface area is 213 Å². The first kappa shape index (κ1) is 25.7. The van der Waals surface area contributed by atoms with Crippen molar-refractivity contribution < 1.29 is 32.6 Å². The minimum Gasteiger partial charge on any atom is -0.477 e. The molecule has 0 aliphatic carbocycles. The van der Waals surface area contributed by atoms with Crippen LogP contribution in [0.3, 0.4) is 0 Å². The molecule has 12 heteroatoms. The number of aryl methyl sites for hydroxylation is 1. The van der Waals surface area contributed by atoms with Gasteiger partial charge < -0.3 is 20.1 Å². The van der Waals surface area contributed by atoms with Gasteiger partial charge in [0.2, 0.25) is 5.91 Å². The Kier molecular flexibility index (Phi) is 7.44. The number of aromatic amines is 1. The van der Waals surface area contributed by atoms with Crippen molar-refractivity contribution in [3.8, 4) is 23.0 Å². The van der Waals surface area contributed by atoms with Crippen molar-refractivity contribution >= 4 is 29.2 Å². The largest absolute Gasteiger partial charge is 0.477 e. The Morgan fingerprint density at radius 1 is 1.05 bits per heavy atom. The van der Waals surface area contributed by atoms with Gasteiger partial charge in [0.15, 0.2) is 5.82 Å². The van der Waals surface area contributed by atoms with Gasteiger partial charge in [-0.15, -0.1) is 0 Å². The Morgan fingerprint density at radius 2 is 1.84 bits per heavy atom. The Bertz CT molecular complexity index is 1460. The van der Waals surface area contributed by atoms with E-state index in [-0.39, 0.29) is 23.6 Å². The van der Waals surface area contributed by atoms with Gasteiger partial charge in [-0.2, -0.15) is 13.2 Å². The molecule has 0 spiro atoms. The van der Waals surface area contributed by atoms with Crippen LogP contribution in [0.5, 0.6) is 11.5 Å². The summed E-state index contributed by atoms with van der Waals surface area (Å²) < 4.78 is 45.0. The number of hydrogen-bond donors (Lipinski definition) is 3. The van der Waals surface area contributed by atoms with Gasteiger partial charge in [0.05, 0.1) is 16.8 Å². The normalized spacial score (nSPS) is 11.2. The number of carboxylic acids is 1. The zero-order chi connectivity index (χ0) is 26.6. The van der Waals surface area contributed by atoms with Crippen molar-refractivity contribution in [2.45, 2.75) is 19.0 Å². The molecule has 0 fully saturated rings. The lowest BCUT2D eigenvalue weighted by molar-refractivity contribution is -0.137. The SMILES string of the molecule is O=C(CCc1cccc(Oc2ccnc(-c3ncc(C(=O)O)[nH]3)c2)c1)Nc1ccc(Cl)c(C(F)(F)F)c1. The van der Waals surface area contributed by atoms with Crippen molar-refractivity contribution in [1.29, 1.82) is 0 Å². The highest BCUT2D eigenvalue weighted by atomic mass is 35.5. The van der Waals surface area contributed by atoms with E-state index in [1.54, 1.807) is 36.4 Å². The van der Waals surface area contributed by atoms with Gasteiger partial charge in [-0.1, -0.05) is 23.7 Å². The van der Waals surface area contributed by atoms with E-state index < -0.39 is 28.6 Å². The molecular weight excluding hydrogens is 513 g/mol. The Hall–Kier alpha value is -4.38. The fourth-order valence-electron chi connectivity index (χ4n) is 3.37. The number of aromatic carboxylic acids is 1. The fourth-order valence-corrected chi connectivity index (χ4v) is 3.59. The molecule has 0 saturated heterocycles. The summed E-state index contributed by atoms with van der Waals surface area (Å²) >= 11 is 5.61. The number of halogens is 4. The molecule has 4 rings (SSSR count). The smallest absolute Gasteiger partial charge is 0.417 e. The van der Waals surface area contributed by atoms with Gasteiger partial charge >= 0.3 is 12.1 Å². The van der Waals surface area contributed by atoms with Crippen molar-refractivity contribution in [1.82, 2.24) is 15.0 Å². The Balaban J connectivity index is 1.38. The fraction of sp³-hybridized carbons (Fsp3) is 0.120. The maximum absolute atomic E-state index is 13.0. The van der Waals surface area contributed by atoms with E-state index >= 15 is 0 Å². The van der Waals surface area contributed by atoms with E-state index in [4.69, 9.17) is 21.4 Å². The summed E-state index contributed by atoms with van der Waals surface area (Å²) in [5.41, 5.74) is 0.0568. The second-order valence-electron chi connectivity index (χ2n) is 7.82. The third-order valence-electron chi connectivity index (χ3n) is 5.11. The highest BCUT2D eigenvalue weighted by molar-refractivity contribution is 6.31. The molecule has 4 aromatic rings. The zero-order valence-corrected chi connectivity index (χ0v) is 19.6. The summed E-state index contributed by atoms with van der Waals surface area (Å²) in [5, 5.41) is 11.0. The van der Waals surface area contributed by atoms with E-state index in [2.05, 4.69) is 20.3 Å². The molecule has 190 valence electrons. The van der Waals surface area contributed by atoms with Crippen LogP contribution in [-0.4, -0.2) is 31.9 Å². The third kappa shape index (κ3) is 6.64. The number of amides is 1. The molecule has 0 aliphatic heterocycles. The number of ether oxygens (including phenoxy) is 1. The van der Waals surface area contributed by atoms with Gasteiger partial charge in [-0.3, -0.25) is 9.78 Å². The number of carbonyl (C=O) groups excluding carboxylic acids is 1. The van der Waals surface area contributed by atoms with Crippen LogP contribution in [0.4, 0.5) is 18.9 Å². The van der Waals surface area contributed by atoms with Gasteiger partial charge in [-0.25, -0.2) is 9.78 Å². The molecule has 1 amide bonds. The number of nitrogens with one attached hydrogen (secondary N) is 2. The van der Waals surface area contributed by atoms with Crippen LogP contribution in [0.1, 0.15) is 28.0 Å². The van der Waals surface area contributed by atoms with Crippen molar-refractivity contribution in [2.24, 2.45) is 0 Å². The number of rotatable bonds is 8. The number of benzene rings is 2. The van der Waals surface area contributed by atoms with Gasteiger partial charge in [0.25, 0.3) is 0 Å². The average Bonchev–Trinajstić information content (AvgIpc) is 3.35. The number of nitrogens with zero attached hydrogens (tertiary/aromatic N) is 2. The predicted molar refractivity (Wildman–Crippen MR) is 129 cm³/mol. The molecule has 37 heavy (non-hydrogen) atoms. The highest BCUT2D eigenvalue weighted by Crippen LogP contribution is 2.36. The van der Waals surface area contributed by atoms with Gasteiger partial charge in [-0.05, 0) is 48.4 Å². The molecule has 2 heterocycles. The first-order chi connectivity index (χ1) is 17.6. The lowest BCUT2D eigenvalue weighted by Gasteiger charge is -2.12. The molecule has 8 nitrogen and oxygen atoms in total. The van der Waals surface area contributed by atoms with Crippen LogP contribution < -0.4 is 10.1 Å². The van der Waals surface area contributed by atoms with Gasteiger partial charge in [0, 0.05) is 24.4 Å². The van der Waals surface area contributed by atoms with E-state index in [1.807, 2.05) is 0 Å². The first-order valence-corrected chi connectivity index (χ1v) is 11.1. The molecule has 2 aromatic carbocycles. The minimum absolute atomic E-state index is 0.000618. The van der Waals surface area contributed by atoms with Crippen LogP contribution in [0, 0.1) is 0 Å². The van der Waals surface area contributed by atoms with Crippen LogP contribution in [0.2, 0.25) is 5.02 Å². The van der Waals surface area contributed by atoms with E-state index in [0.717, 1.165) is 17.7 Å². The van der Waals surface area contributed by atoms with E-state index in [1.165, 1.54) is 18.5 Å². The molecule has 0 unspecified atom stereocenters. The number of pyridine rings is 1. The second-order valence-corrected chi connectivity index (χ2v) is 8.22. The molecule has 2 aromatic heterocycles. The lowest BCUT2D eigenvalue weighted by Crippen LogP contribution is -2.14. The summed E-state index contributed by atoms with van der Waals surface area (Å²) in [6, 6.07) is 13.4. The maximum Gasteiger partial charge on any atom is 0.417 e. The molecule has 0 bridgehead atoms. The third-order valence-corrected chi connectivity index (χ3v) is 5.44. The molecule has 3 N–H and O–H groups in total. The molecule has 0 atom stereocenters. The van der Waals surface area contributed by atoms with Gasteiger partial charge in [0.1, 0.15) is 22.9 Å². The second kappa shape index (κ2) is 10.7. The molecule has 0 saturated carbocycles. The topological polar surface area (TPSA) is 117 Å².